The van der Waals surface area contributed by atoms with Crippen LogP contribution in [0.1, 0.15) is 50.2 Å². The molecular formula is C19H28ClN. The zero-order chi connectivity index (χ0) is 14.9. The van der Waals surface area contributed by atoms with Crippen molar-refractivity contribution in [1.29, 1.82) is 0 Å². The average molecular weight is 306 g/mol. The van der Waals surface area contributed by atoms with Crippen molar-refractivity contribution in [2.45, 2.75) is 52.4 Å². The van der Waals surface area contributed by atoms with Crippen LogP contribution in [-0.4, -0.2) is 13.1 Å². The molecule has 116 valence electrons. The Kier molecular flexibility index (Phi) is 4.61. The summed E-state index contributed by atoms with van der Waals surface area (Å²) in [6.45, 7) is 6.68. The Morgan fingerprint density at radius 3 is 2.81 bits per heavy atom. The van der Waals surface area contributed by atoms with Crippen LogP contribution in [0, 0.1) is 24.2 Å². The third kappa shape index (κ3) is 3.14. The minimum atomic E-state index is 0.455. The minimum absolute atomic E-state index is 0.455. The van der Waals surface area contributed by atoms with Gasteiger partial charge < -0.3 is 5.32 Å². The molecule has 0 aromatic heterocycles. The van der Waals surface area contributed by atoms with Gasteiger partial charge >= 0.3 is 0 Å². The van der Waals surface area contributed by atoms with Crippen LogP contribution in [0.4, 0.5) is 0 Å². The fourth-order valence-electron chi connectivity index (χ4n) is 4.74. The molecule has 3 atom stereocenters. The van der Waals surface area contributed by atoms with E-state index < -0.39 is 0 Å². The number of halogens is 1. The molecular weight excluding hydrogens is 278 g/mol. The smallest absolute Gasteiger partial charge is 0.0440 e. The van der Waals surface area contributed by atoms with Crippen LogP contribution < -0.4 is 5.32 Å². The lowest BCUT2D eigenvalue weighted by Crippen LogP contribution is -2.40. The number of benzene rings is 1. The van der Waals surface area contributed by atoms with Crippen molar-refractivity contribution in [2.24, 2.45) is 17.3 Å². The Labute approximate surface area is 134 Å². The first-order chi connectivity index (χ1) is 10.1. The van der Waals surface area contributed by atoms with Gasteiger partial charge in [-0.05, 0) is 80.0 Å². The number of hydrogen-bond donors (Lipinski definition) is 1. The zero-order valence-corrected chi connectivity index (χ0v) is 14.2. The van der Waals surface area contributed by atoms with Crippen molar-refractivity contribution in [1.82, 2.24) is 5.32 Å². The van der Waals surface area contributed by atoms with E-state index in [0.29, 0.717) is 5.41 Å². The normalized spacial score (nSPS) is 31.0. The van der Waals surface area contributed by atoms with Crippen LogP contribution in [0.2, 0.25) is 5.02 Å². The Hall–Kier alpha value is -0.530. The Morgan fingerprint density at radius 1 is 1.33 bits per heavy atom. The van der Waals surface area contributed by atoms with Crippen molar-refractivity contribution in [3.63, 3.8) is 0 Å². The van der Waals surface area contributed by atoms with Gasteiger partial charge in [-0.1, -0.05) is 37.1 Å². The van der Waals surface area contributed by atoms with Gasteiger partial charge in [-0.15, -0.1) is 0 Å². The van der Waals surface area contributed by atoms with E-state index in [1.165, 1.54) is 49.8 Å². The Morgan fingerprint density at radius 2 is 2.19 bits per heavy atom. The molecule has 0 amide bonds. The van der Waals surface area contributed by atoms with E-state index in [1.807, 2.05) is 0 Å². The first kappa shape index (κ1) is 15.4. The molecule has 0 saturated heterocycles. The Bertz CT molecular complexity index is 498. The summed E-state index contributed by atoms with van der Waals surface area (Å²) in [7, 11) is 0. The lowest BCUT2D eigenvalue weighted by Gasteiger charge is -2.39. The summed E-state index contributed by atoms with van der Waals surface area (Å²) in [6, 6.07) is 6.59. The van der Waals surface area contributed by atoms with E-state index in [4.69, 9.17) is 11.6 Å². The van der Waals surface area contributed by atoms with Crippen LogP contribution in [0.3, 0.4) is 0 Å². The maximum Gasteiger partial charge on any atom is 0.0440 e. The third-order valence-electron chi connectivity index (χ3n) is 5.76. The molecule has 0 radical (unpaired) electrons. The molecule has 1 aromatic carbocycles. The molecule has 3 unspecified atom stereocenters. The van der Waals surface area contributed by atoms with Crippen molar-refractivity contribution >= 4 is 11.6 Å². The van der Waals surface area contributed by atoms with E-state index in [-0.39, 0.29) is 0 Å². The molecule has 1 aromatic rings. The summed E-state index contributed by atoms with van der Waals surface area (Å²) >= 11 is 6.51. The summed E-state index contributed by atoms with van der Waals surface area (Å²) in [5, 5.41) is 4.68. The summed E-state index contributed by atoms with van der Waals surface area (Å²) in [5.41, 5.74) is 3.07. The van der Waals surface area contributed by atoms with E-state index in [2.05, 4.69) is 37.4 Å². The first-order valence-corrected chi connectivity index (χ1v) is 8.96. The maximum absolute atomic E-state index is 6.51. The number of rotatable bonds is 6. The summed E-state index contributed by atoms with van der Waals surface area (Å²) < 4.78 is 0. The van der Waals surface area contributed by atoms with Gasteiger partial charge in [-0.25, -0.2) is 0 Å². The number of aryl methyl sites for hydroxylation is 1. The fourth-order valence-corrected chi connectivity index (χ4v) is 5.04. The number of hydrogen-bond acceptors (Lipinski definition) is 1. The Balaban J connectivity index is 1.79. The second-order valence-electron chi connectivity index (χ2n) is 7.39. The molecule has 2 heteroatoms. The lowest BCUT2D eigenvalue weighted by atomic mass is 9.69. The molecule has 1 N–H and O–H groups in total. The van der Waals surface area contributed by atoms with Gasteiger partial charge in [-0.3, -0.25) is 0 Å². The van der Waals surface area contributed by atoms with Gasteiger partial charge in [0.1, 0.15) is 0 Å². The van der Waals surface area contributed by atoms with Crippen molar-refractivity contribution in [3.8, 4) is 0 Å². The molecule has 2 fully saturated rings. The molecule has 2 bridgehead atoms. The molecule has 1 nitrogen and oxygen atoms in total. The van der Waals surface area contributed by atoms with Crippen molar-refractivity contribution in [3.05, 3.63) is 34.3 Å². The summed E-state index contributed by atoms with van der Waals surface area (Å²) in [4.78, 5) is 0. The molecule has 0 aliphatic heterocycles. The van der Waals surface area contributed by atoms with Crippen molar-refractivity contribution < 1.29 is 0 Å². The standard InChI is InChI=1S/C19H28ClN/c1-3-8-21-13-19(11-15-5-7-17(19)10-15)12-16-6-4-14(2)9-18(16)20/h4,6,9,15,17,21H,3,5,7-8,10-13H2,1-2H3. The van der Waals surface area contributed by atoms with Crippen LogP contribution in [0.25, 0.3) is 0 Å². The topological polar surface area (TPSA) is 12.0 Å². The van der Waals surface area contributed by atoms with Crippen LogP contribution >= 0.6 is 11.6 Å². The quantitative estimate of drug-likeness (QED) is 0.730. The highest BCUT2D eigenvalue weighted by molar-refractivity contribution is 6.31. The van der Waals surface area contributed by atoms with Gasteiger partial charge in [0, 0.05) is 11.6 Å². The lowest BCUT2D eigenvalue weighted by molar-refractivity contribution is 0.156. The van der Waals surface area contributed by atoms with E-state index in [0.717, 1.165) is 29.8 Å². The first-order valence-electron chi connectivity index (χ1n) is 8.59. The monoisotopic (exact) mass is 305 g/mol. The number of fused-ring (bicyclic) bond motifs is 2. The average Bonchev–Trinajstić information content (AvgIpc) is 3.03. The molecule has 3 rings (SSSR count). The SMILES string of the molecule is CCCNCC1(Cc2ccc(C)cc2Cl)CC2CCC1C2. The summed E-state index contributed by atoms with van der Waals surface area (Å²) in [5.74, 6) is 1.88. The predicted molar refractivity (Wildman–Crippen MR) is 90.9 cm³/mol. The predicted octanol–water partition coefficient (Wildman–Crippen LogP) is 5.00. The highest BCUT2D eigenvalue weighted by Gasteiger charge is 2.50. The maximum atomic E-state index is 6.51. The van der Waals surface area contributed by atoms with E-state index >= 15 is 0 Å². The highest BCUT2D eigenvalue weighted by atomic mass is 35.5. The van der Waals surface area contributed by atoms with Gasteiger partial charge in [-0.2, -0.15) is 0 Å². The van der Waals surface area contributed by atoms with Crippen LogP contribution in [0.5, 0.6) is 0 Å². The zero-order valence-electron chi connectivity index (χ0n) is 13.4. The van der Waals surface area contributed by atoms with Gasteiger partial charge in [0.2, 0.25) is 0 Å². The van der Waals surface area contributed by atoms with E-state index in [1.54, 1.807) is 0 Å². The largest absolute Gasteiger partial charge is 0.316 e. The molecule has 0 spiro atoms. The minimum Gasteiger partial charge on any atom is -0.316 e. The molecule has 2 aliphatic rings. The molecule has 2 aliphatic carbocycles. The van der Waals surface area contributed by atoms with E-state index in [9.17, 15) is 0 Å². The van der Waals surface area contributed by atoms with Crippen LogP contribution in [-0.2, 0) is 6.42 Å². The van der Waals surface area contributed by atoms with Gasteiger partial charge in [0.15, 0.2) is 0 Å². The van der Waals surface area contributed by atoms with Gasteiger partial charge in [0.05, 0.1) is 0 Å². The fraction of sp³-hybridized carbons (Fsp3) is 0.684. The second-order valence-corrected chi connectivity index (χ2v) is 7.80. The van der Waals surface area contributed by atoms with Crippen molar-refractivity contribution in [2.75, 3.05) is 13.1 Å². The van der Waals surface area contributed by atoms with Crippen LogP contribution in [0.15, 0.2) is 18.2 Å². The highest BCUT2D eigenvalue weighted by Crippen LogP contribution is 2.57. The second kappa shape index (κ2) is 6.30. The van der Waals surface area contributed by atoms with Gasteiger partial charge in [0.25, 0.3) is 0 Å². The molecule has 2 saturated carbocycles. The number of nitrogens with one attached hydrogen (secondary N) is 1. The molecule has 21 heavy (non-hydrogen) atoms. The molecule has 0 heterocycles. The summed E-state index contributed by atoms with van der Waals surface area (Å²) in [6.07, 6.45) is 8.12. The third-order valence-corrected chi connectivity index (χ3v) is 6.11.